The summed E-state index contributed by atoms with van der Waals surface area (Å²) in [4.78, 5) is 25.3. The van der Waals surface area contributed by atoms with Crippen molar-refractivity contribution in [3.63, 3.8) is 0 Å². The number of anilines is 3. The number of carbonyl (C=O) groups is 1. The van der Waals surface area contributed by atoms with E-state index in [1.54, 1.807) is 6.07 Å². The monoisotopic (exact) mass is 369 g/mol. The Balaban J connectivity index is 2.12. The largest absolute Gasteiger partial charge is 0.372 e. The fraction of sp³-hybridized carbons (Fsp3) is 0.476. The van der Waals surface area contributed by atoms with Crippen molar-refractivity contribution in [1.29, 1.82) is 0 Å². The molecule has 2 aromatic rings. The third-order valence-corrected chi connectivity index (χ3v) is 4.43. The molecular formula is C21H31N5O. The van der Waals surface area contributed by atoms with Crippen molar-refractivity contribution in [2.24, 2.45) is 0 Å². The molecule has 0 aliphatic carbocycles. The third-order valence-electron chi connectivity index (χ3n) is 4.43. The number of benzene rings is 1. The van der Waals surface area contributed by atoms with Gasteiger partial charge in [0.1, 0.15) is 17.8 Å². The fourth-order valence-electron chi connectivity index (χ4n) is 3.05. The molecule has 0 aliphatic rings. The number of aromatic nitrogens is 2. The zero-order chi connectivity index (χ0) is 19.6. The van der Waals surface area contributed by atoms with E-state index in [4.69, 9.17) is 0 Å². The second-order valence-corrected chi connectivity index (χ2v) is 6.42. The number of rotatable bonds is 10. The van der Waals surface area contributed by atoms with Crippen LogP contribution in [0.5, 0.6) is 0 Å². The standard InChI is InChI=1S/C21H31N5O/c1-5-13-26(14-6-2)21(27)19-15-20(23-16-22-19)24-17-9-11-18(12-10-17)25(7-3)8-4/h9-12,15-16H,5-8,13-14H2,1-4H3,(H,22,23,24). The van der Waals surface area contributed by atoms with E-state index in [1.807, 2.05) is 17.0 Å². The fourth-order valence-corrected chi connectivity index (χ4v) is 3.05. The van der Waals surface area contributed by atoms with Crippen molar-refractivity contribution in [3.05, 3.63) is 42.4 Å². The Morgan fingerprint density at radius 1 is 0.963 bits per heavy atom. The van der Waals surface area contributed by atoms with Crippen LogP contribution in [-0.2, 0) is 0 Å². The zero-order valence-electron chi connectivity index (χ0n) is 16.9. The van der Waals surface area contributed by atoms with E-state index in [1.165, 1.54) is 12.0 Å². The molecule has 146 valence electrons. The van der Waals surface area contributed by atoms with Gasteiger partial charge in [-0.05, 0) is 51.0 Å². The second kappa shape index (κ2) is 10.5. The highest BCUT2D eigenvalue weighted by Gasteiger charge is 2.16. The summed E-state index contributed by atoms with van der Waals surface area (Å²) in [6.45, 7) is 11.9. The van der Waals surface area contributed by atoms with Crippen molar-refractivity contribution >= 4 is 23.1 Å². The van der Waals surface area contributed by atoms with E-state index in [2.05, 4.69) is 60.0 Å². The number of carbonyl (C=O) groups excluding carboxylic acids is 1. The first-order valence-electron chi connectivity index (χ1n) is 9.86. The van der Waals surface area contributed by atoms with Gasteiger partial charge in [-0.15, -0.1) is 0 Å². The van der Waals surface area contributed by atoms with Crippen molar-refractivity contribution in [3.8, 4) is 0 Å². The molecule has 2 rings (SSSR count). The van der Waals surface area contributed by atoms with Gasteiger partial charge in [-0.3, -0.25) is 4.79 Å². The Kier molecular flexibility index (Phi) is 8.04. The van der Waals surface area contributed by atoms with Gasteiger partial charge in [0.05, 0.1) is 0 Å². The van der Waals surface area contributed by atoms with Crippen LogP contribution in [-0.4, -0.2) is 47.0 Å². The number of hydrogen-bond acceptors (Lipinski definition) is 5. The molecule has 0 saturated heterocycles. The number of nitrogens with one attached hydrogen (secondary N) is 1. The maximum absolute atomic E-state index is 12.7. The van der Waals surface area contributed by atoms with Gasteiger partial charge in [0.15, 0.2) is 0 Å². The molecule has 0 radical (unpaired) electrons. The number of amides is 1. The van der Waals surface area contributed by atoms with Gasteiger partial charge < -0.3 is 15.1 Å². The number of nitrogens with zero attached hydrogens (tertiary/aromatic N) is 4. The van der Waals surface area contributed by atoms with E-state index < -0.39 is 0 Å². The predicted octanol–water partition coefficient (Wildman–Crippen LogP) is 4.33. The maximum Gasteiger partial charge on any atom is 0.272 e. The molecule has 0 unspecified atom stereocenters. The first kappa shape index (κ1) is 20.7. The highest BCUT2D eigenvalue weighted by atomic mass is 16.2. The Bertz CT molecular complexity index is 707. The molecule has 0 atom stereocenters. The Labute approximate surface area is 162 Å². The molecule has 1 N–H and O–H groups in total. The lowest BCUT2D eigenvalue weighted by Gasteiger charge is -2.21. The molecule has 6 nitrogen and oxygen atoms in total. The minimum absolute atomic E-state index is 0.0407. The molecule has 0 spiro atoms. The van der Waals surface area contributed by atoms with Crippen LogP contribution in [0.15, 0.2) is 36.7 Å². The van der Waals surface area contributed by atoms with Crippen LogP contribution in [0, 0.1) is 0 Å². The van der Waals surface area contributed by atoms with Crippen LogP contribution < -0.4 is 10.2 Å². The first-order valence-corrected chi connectivity index (χ1v) is 9.86. The van der Waals surface area contributed by atoms with Crippen LogP contribution in [0.3, 0.4) is 0 Å². The summed E-state index contributed by atoms with van der Waals surface area (Å²) in [6, 6.07) is 9.95. The minimum Gasteiger partial charge on any atom is -0.372 e. The quantitative estimate of drug-likeness (QED) is 0.675. The van der Waals surface area contributed by atoms with Gasteiger partial charge in [0, 0.05) is 43.6 Å². The molecule has 0 saturated carbocycles. The smallest absolute Gasteiger partial charge is 0.272 e. The molecule has 0 bridgehead atoms. The summed E-state index contributed by atoms with van der Waals surface area (Å²) in [5.41, 5.74) is 2.55. The van der Waals surface area contributed by atoms with Gasteiger partial charge in [0.2, 0.25) is 0 Å². The van der Waals surface area contributed by atoms with Gasteiger partial charge in [-0.2, -0.15) is 0 Å². The minimum atomic E-state index is -0.0407. The molecule has 1 aromatic carbocycles. The topological polar surface area (TPSA) is 61.4 Å². The molecular weight excluding hydrogens is 338 g/mol. The molecule has 0 aliphatic heterocycles. The normalized spacial score (nSPS) is 10.5. The summed E-state index contributed by atoms with van der Waals surface area (Å²) in [5, 5.41) is 3.26. The van der Waals surface area contributed by atoms with Crippen molar-refractivity contribution < 1.29 is 4.79 Å². The Morgan fingerprint density at radius 2 is 1.59 bits per heavy atom. The number of hydrogen-bond donors (Lipinski definition) is 1. The van der Waals surface area contributed by atoms with Crippen LogP contribution >= 0.6 is 0 Å². The predicted molar refractivity (Wildman–Crippen MR) is 112 cm³/mol. The lowest BCUT2D eigenvalue weighted by molar-refractivity contribution is 0.0749. The van der Waals surface area contributed by atoms with Crippen LogP contribution in [0.1, 0.15) is 51.0 Å². The van der Waals surface area contributed by atoms with Crippen LogP contribution in [0.25, 0.3) is 0 Å². The van der Waals surface area contributed by atoms with Gasteiger partial charge >= 0.3 is 0 Å². The lowest BCUT2D eigenvalue weighted by atomic mass is 10.2. The summed E-state index contributed by atoms with van der Waals surface area (Å²) >= 11 is 0. The lowest BCUT2D eigenvalue weighted by Crippen LogP contribution is -2.33. The molecule has 27 heavy (non-hydrogen) atoms. The average molecular weight is 370 g/mol. The van der Waals surface area contributed by atoms with Gasteiger partial charge in [-0.1, -0.05) is 13.8 Å². The van der Waals surface area contributed by atoms with Crippen molar-refractivity contribution in [1.82, 2.24) is 14.9 Å². The Morgan fingerprint density at radius 3 is 2.15 bits per heavy atom. The summed E-state index contributed by atoms with van der Waals surface area (Å²) < 4.78 is 0. The molecule has 6 heteroatoms. The molecule has 1 heterocycles. The average Bonchev–Trinajstić information content (AvgIpc) is 2.70. The van der Waals surface area contributed by atoms with Gasteiger partial charge in [-0.25, -0.2) is 9.97 Å². The highest BCUT2D eigenvalue weighted by Crippen LogP contribution is 2.20. The van der Waals surface area contributed by atoms with Gasteiger partial charge in [0.25, 0.3) is 5.91 Å². The van der Waals surface area contributed by atoms with E-state index in [9.17, 15) is 4.79 Å². The van der Waals surface area contributed by atoms with E-state index in [-0.39, 0.29) is 5.91 Å². The SMILES string of the molecule is CCCN(CCC)C(=O)c1cc(Nc2ccc(N(CC)CC)cc2)ncn1. The van der Waals surface area contributed by atoms with Crippen LogP contribution in [0.2, 0.25) is 0 Å². The first-order chi connectivity index (χ1) is 13.1. The summed E-state index contributed by atoms with van der Waals surface area (Å²) in [5.74, 6) is 0.581. The summed E-state index contributed by atoms with van der Waals surface area (Å²) in [6.07, 6.45) is 3.30. The molecule has 0 fully saturated rings. The zero-order valence-corrected chi connectivity index (χ0v) is 16.9. The van der Waals surface area contributed by atoms with Crippen molar-refractivity contribution in [2.45, 2.75) is 40.5 Å². The maximum atomic E-state index is 12.7. The van der Waals surface area contributed by atoms with Crippen molar-refractivity contribution in [2.75, 3.05) is 36.4 Å². The van der Waals surface area contributed by atoms with Crippen LogP contribution in [0.4, 0.5) is 17.2 Å². The second-order valence-electron chi connectivity index (χ2n) is 6.42. The highest BCUT2D eigenvalue weighted by molar-refractivity contribution is 5.93. The van der Waals surface area contributed by atoms with E-state index in [0.29, 0.717) is 11.5 Å². The van der Waals surface area contributed by atoms with E-state index >= 15 is 0 Å². The molecule has 1 aromatic heterocycles. The third kappa shape index (κ3) is 5.67. The molecule has 1 amide bonds. The Hall–Kier alpha value is -2.63. The summed E-state index contributed by atoms with van der Waals surface area (Å²) in [7, 11) is 0. The van der Waals surface area contributed by atoms with E-state index in [0.717, 1.165) is 44.7 Å².